The Morgan fingerprint density at radius 3 is 2.81 bits per heavy atom. The molecule has 0 aliphatic rings. The summed E-state index contributed by atoms with van der Waals surface area (Å²) in [4.78, 5) is 0. The number of rotatable bonds is 6. The lowest BCUT2D eigenvalue weighted by atomic mass is 10.0. The summed E-state index contributed by atoms with van der Waals surface area (Å²) in [5.41, 5.74) is 7.98. The van der Waals surface area contributed by atoms with Crippen molar-refractivity contribution in [2.24, 2.45) is 5.73 Å². The van der Waals surface area contributed by atoms with Gasteiger partial charge in [0.2, 0.25) is 0 Å². The van der Waals surface area contributed by atoms with E-state index in [9.17, 15) is 4.39 Å². The van der Waals surface area contributed by atoms with Crippen LogP contribution in [0.5, 0.6) is 0 Å². The van der Waals surface area contributed by atoms with Gasteiger partial charge in [-0.25, -0.2) is 4.39 Å². The highest BCUT2D eigenvalue weighted by Gasteiger charge is 2.07. The molecule has 0 saturated carbocycles. The molecule has 16 heavy (non-hydrogen) atoms. The van der Waals surface area contributed by atoms with E-state index < -0.39 is 0 Å². The molecule has 2 nitrogen and oxygen atoms in total. The summed E-state index contributed by atoms with van der Waals surface area (Å²) in [5.74, 6) is -0.197. The van der Waals surface area contributed by atoms with Crippen molar-refractivity contribution >= 4 is 0 Å². The molecule has 0 heterocycles. The van der Waals surface area contributed by atoms with Crippen molar-refractivity contribution < 1.29 is 9.13 Å². The summed E-state index contributed by atoms with van der Waals surface area (Å²) in [6.45, 7) is 5.27. The SMILES string of the molecule is CCCOCC(N)Cc1ccc(F)cc1C. The molecule has 1 aromatic carbocycles. The van der Waals surface area contributed by atoms with E-state index in [4.69, 9.17) is 10.5 Å². The molecule has 3 heteroatoms. The minimum absolute atomic E-state index is 0.0179. The number of hydrogen-bond acceptors (Lipinski definition) is 2. The standard InChI is InChI=1S/C13H20FNO/c1-3-6-16-9-13(15)8-11-4-5-12(14)7-10(11)2/h4-5,7,13H,3,6,8-9,15H2,1-2H3. The maximum atomic E-state index is 12.9. The van der Waals surface area contributed by atoms with Crippen LogP contribution in [-0.4, -0.2) is 19.3 Å². The predicted molar refractivity (Wildman–Crippen MR) is 63.9 cm³/mol. The van der Waals surface area contributed by atoms with E-state index in [1.54, 1.807) is 6.07 Å². The summed E-state index contributed by atoms with van der Waals surface area (Å²) in [7, 11) is 0. The van der Waals surface area contributed by atoms with Crippen molar-refractivity contribution in [2.75, 3.05) is 13.2 Å². The van der Waals surface area contributed by atoms with Crippen molar-refractivity contribution in [1.82, 2.24) is 0 Å². The third-order valence-corrected chi connectivity index (χ3v) is 2.47. The summed E-state index contributed by atoms with van der Waals surface area (Å²) in [6, 6.07) is 4.79. The lowest BCUT2D eigenvalue weighted by Gasteiger charge is -2.13. The lowest BCUT2D eigenvalue weighted by molar-refractivity contribution is 0.121. The number of nitrogens with two attached hydrogens (primary N) is 1. The van der Waals surface area contributed by atoms with E-state index in [0.29, 0.717) is 6.61 Å². The molecule has 0 spiro atoms. The fraction of sp³-hybridized carbons (Fsp3) is 0.538. The molecule has 0 radical (unpaired) electrons. The van der Waals surface area contributed by atoms with Crippen molar-refractivity contribution in [2.45, 2.75) is 32.7 Å². The van der Waals surface area contributed by atoms with Crippen LogP contribution < -0.4 is 5.73 Å². The van der Waals surface area contributed by atoms with E-state index in [1.165, 1.54) is 12.1 Å². The van der Waals surface area contributed by atoms with Gasteiger partial charge in [-0.1, -0.05) is 13.0 Å². The lowest BCUT2D eigenvalue weighted by Crippen LogP contribution is -2.29. The number of halogens is 1. The first-order valence-corrected chi connectivity index (χ1v) is 5.71. The zero-order chi connectivity index (χ0) is 12.0. The van der Waals surface area contributed by atoms with Gasteiger partial charge in [-0.2, -0.15) is 0 Å². The maximum absolute atomic E-state index is 12.9. The van der Waals surface area contributed by atoms with Crippen LogP contribution in [0, 0.1) is 12.7 Å². The highest BCUT2D eigenvalue weighted by Crippen LogP contribution is 2.11. The van der Waals surface area contributed by atoms with Crippen LogP contribution in [0.2, 0.25) is 0 Å². The van der Waals surface area contributed by atoms with Crippen LogP contribution in [0.3, 0.4) is 0 Å². The van der Waals surface area contributed by atoms with Gasteiger partial charge in [-0.05, 0) is 43.0 Å². The molecule has 0 aromatic heterocycles. The summed E-state index contributed by atoms with van der Waals surface area (Å²) in [5, 5.41) is 0. The van der Waals surface area contributed by atoms with E-state index in [2.05, 4.69) is 6.92 Å². The van der Waals surface area contributed by atoms with Gasteiger partial charge in [0.25, 0.3) is 0 Å². The second-order valence-electron chi connectivity index (χ2n) is 4.11. The molecule has 0 aliphatic carbocycles. The highest BCUT2D eigenvalue weighted by atomic mass is 19.1. The molecular weight excluding hydrogens is 205 g/mol. The van der Waals surface area contributed by atoms with Crippen LogP contribution in [-0.2, 0) is 11.2 Å². The smallest absolute Gasteiger partial charge is 0.123 e. The predicted octanol–water partition coefficient (Wildman–Crippen LogP) is 2.43. The number of aryl methyl sites for hydroxylation is 1. The Bertz CT molecular complexity index is 328. The van der Waals surface area contributed by atoms with E-state index >= 15 is 0 Å². The van der Waals surface area contributed by atoms with Gasteiger partial charge in [0.15, 0.2) is 0 Å². The molecule has 1 atom stereocenters. The van der Waals surface area contributed by atoms with Crippen LogP contribution >= 0.6 is 0 Å². The quantitative estimate of drug-likeness (QED) is 0.755. The highest BCUT2D eigenvalue weighted by molar-refractivity contribution is 5.27. The van der Waals surface area contributed by atoms with E-state index in [-0.39, 0.29) is 11.9 Å². The minimum Gasteiger partial charge on any atom is -0.380 e. The second kappa shape index (κ2) is 6.61. The van der Waals surface area contributed by atoms with Crippen LogP contribution in [0.25, 0.3) is 0 Å². The van der Waals surface area contributed by atoms with Crippen LogP contribution in [0.4, 0.5) is 4.39 Å². The minimum atomic E-state index is -0.197. The number of ether oxygens (including phenoxy) is 1. The van der Waals surface area contributed by atoms with Crippen molar-refractivity contribution in [3.63, 3.8) is 0 Å². The average molecular weight is 225 g/mol. The van der Waals surface area contributed by atoms with Gasteiger partial charge in [0.1, 0.15) is 5.82 Å². The third kappa shape index (κ3) is 4.29. The summed E-state index contributed by atoms with van der Waals surface area (Å²) >= 11 is 0. The monoisotopic (exact) mass is 225 g/mol. The molecule has 0 bridgehead atoms. The molecule has 0 aliphatic heterocycles. The van der Waals surface area contributed by atoms with Crippen LogP contribution in [0.15, 0.2) is 18.2 Å². The Hall–Kier alpha value is -0.930. The summed E-state index contributed by atoms with van der Waals surface area (Å²) < 4.78 is 18.3. The van der Waals surface area contributed by atoms with Crippen molar-refractivity contribution in [3.8, 4) is 0 Å². The molecular formula is C13H20FNO. The van der Waals surface area contributed by atoms with Gasteiger partial charge in [-0.15, -0.1) is 0 Å². The van der Waals surface area contributed by atoms with Gasteiger partial charge in [0, 0.05) is 12.6 Å². The second-order valence-corrected chi connectivity index (χ2v) is 4.11. The molecule has 0 saturated heterocycles. The largest absolute Gasteiger partial charge is 0.380 e. The number of benzene rings is 1. The van der Waals surface area contributed by atoms with Gasteiger partial charge in [-0.3, -0.25) is 0 Å². The topological polar surface area (TPSA) is 35.2 Å². The molecule has 1 aromatic rings. The zero-order valence-electron chi connectivity index (χ0n) is 10.0. The first kappa shape index (κ1) is 13.1. The zero-order valence-corrected chi connectivity index (χ0v) is 10.0. The third-order valence-electron chi connectivity index (χ3n) is 2.47. The first-order valence-electron chi connectivity index (χ1n) is 5.71. The molecule has 0 amide bonds. The average Bonchev–Trinajstić information content (AvgIpc) is 2.23. The molecule has 1 unspecified atom stereocenters. The van der Waals surface area contributed by atoms with Gasteiger partial charge in [0.05, 0.1) is 6.61 Å². The Labute approximate surface area is 96.6 Å². The van der Waals surface area contributed by atoms with E-state index in [0.717, 1.165) is 30.6 Å². The van der Waals surface area contributed by atoms with Gasteiger partial charge >= 0.3 is 0 Å². The Morgan fingerprint density at radius 2 is 2.19 bits per heavy atom. The van der Waals surface area contributed by atoms with Crippen LogP contribution in [0.1, 0.15) is 24.5 Å². The molecule has 0 fully saturated rings. The normalized spacial score (nSPS) is 12.8. The molecule has 90 valence electrons. The van der Waals surface area contributed by atoms with Gasteiger partial charge < -0.3 is 10.5 Å². The fourth-order valence-corrected chi connectivity index (χ4v) is 1.61. The first-order chi connectivity index (χ1) is 7.63. The Morgan fingerprint density at radius 1 is 1.44 bits per heavy atom. The summed E-state index contributed by atoms with van der Waals surface area (Å²) in [6.07, 6.45) is 1.73. The van der Waals surface area contributed by atoms with Crippen molar-refractivity contribution in [1.29, 1.82) is 0 Å². The fourth-order valence-electron chi connectivity index (χ4n) is 1.61. The van der Waals surface area contributed by atoms with Crippen molar-refractivity contribution in [3.05, 3.63) is 35.1 Å². The van der Waals surface area contributed by atoms with E-state index in [1.807, 2.05) is 6.92 Å². The Balaban J connectivity index is 2.46. The Kier molecular flexibility index (Phi) is 5.43. The molecule has 1 rings (SSSR count). The maximum Gasteiger partial charge on any atom is 0.123 e. The molecule has 2 N–H and O–H groups in total. The number of hydrogen-bond donors (Lipinski definition) is 1.